The van der Waals surface area contributed by atoms with Gasteiger partial charge in [0.25, 0.3) is 11.8 Å². The topological polar surface area (TPSA) is 112 Å². The molecule has 0 spiro atoms. The van der Waals surface area contributed by atoms with Gasteiger partial charge in [-0.15, -0.1) is 0 Å². The van der Waals surface area contributed by atoms with Crippen LogP contribution in [-0.4, -0.2) is 60.9 Å². The maximum Gasteiger partial charge on any atom is 0.531 e. The van der Waals surface area contributed by atoms with Crippen molar-refractivity contribution >= 4 is 18.0 Å². The number of carbonyl (C=O) groups excluding carboxylic acids is 2. The minimum absolute atomic E-state index is 0.0830. The first-order valence-corrected chi connectivity index (χ1v) is 6.79. The van der Waals surface area contributed by atoms with E-state index in [4.69, 9.17) is 19.3 Å². The van der Waals surface area contributed by atoms with Crippen LogP contribution in [0.3, 0.4) is 0 Å². The average Bonchev–Trinajstić information content (AvgIpc) is 2.68. The minimum atomic E-state index is -1.70. The predicted molar refractivity (Wildman–Crippen MR) is 69.3 cm³/mol. The number of hydroxylamine groups is 2. The van der Waals surface area contributed by atoms with E-state index in [1.165, 1.54) is 0 Å². The summed E-state index contributed by atoms with van der Waals surface area (Å²) in [5.41, 5.74) is 0. The molecule has 0 saturated carbocycles. The normalized spacial score (nSPS) is 27.4. The van der Waals surface area contributed by atoms with Crippen molar-refractivity contribution in [3.63, 3.8) is 0 Å². The smallest absolute Gasteiger partial charge is 0.448 e. The Morgan fingerprint density at radius 1 is 1.41 bits per heavy atom. The van der Waals surface area contributed by atoms with Gasteiger partial charge in [0.1, 0.15) is 6.79 Å². The first-order chi connectivity index (χ1) is 10.6. The Kier molecular flexibility index (Phi) is 5.87. The van der Waals surface area contributed by atoms with Gasteiger partial charge in [-0.25, -0.2) is 4.79 Å². The summed E-state index contributed by atoms with van der Waals surface area (Å²) in [5, 5.41) is 8.76. The van der Waals surface area contributed by atoms with E-state index in [0.29, 0.717) is 24.7 Å². The number of carboxylic acid groups (broad SMARTS) is 1. The highest BCUT2D eigenvalue weighted by molar-refractivity contribution is 6.02. The molecule has 0 aromatic heterocycles. The van der Waals surface area contributed by atoms with E-state index >= 15 is 0 Å². The second kappa shape index (κ2) is 7.87. The van der Waals surface area contributed by atoms with Crippen molar-refractivity contribution in [1.29, 1.82) is 0 Å². The van der Waals surface area contributed by atoms with Crippen LogP contribution in [0.4, 0.5) is 4.79 Å². The Labute approximate surface area is 126 Å². The first kappa shape index (κ1) is 16.4. The Hall–Kier alpha value is -1.97. The van der Waals surface area contributed by atoms with E-state index < -0.39 is 23.9 Å². The van der Waals surface area contributed by atoms with Crippen LogP contribution in [0, 0.1) is 5.92 Å². The molecule has 2 amide bonds. The molecule has 0 aliphatic carbocycles. The Balaban J connectivity index is 1.77. The van der Waals surface area contributed by atoms with E-state index in [1.807, 2.05) is 6.08 Å². The van der Waals surface area contributed by atoms with Crippen molar-refractivity contribution in [1.82, 2.24) is 5.06 Å². The average molecular weight is 315 g/mol. The molecule has 0 bridgehead atoms. The molecule has 122 valence electrons. The summed E-state index contributed by atoms with van der Waals surface area (Å²) >= 11 is 0. The SMILES string of the molecule is O=C(O)ON1C(=O)CC(CCOC2/C=C/COCOC2)C1=O. The monoisotopic (exact) mass is 315 g/mol. The quantitative estimate of drug-likeness (QED) is 0.570. The van der Waals surface area contributed by atoms with Crippen molar-refractivity contribution < 1.29 is 38.5 Å². The molecular formula is C13H17NO8. The molecule has 2 unspecified atom stereocenters. The van der Waals surface area contributed by atoms with Crippen molar-refractivity contribution in [2.24, 2.45) is 5.92 Å². The van der Waals surface area contributed by atoms with Gasteiger partial charge < -0.3 is 19.3 Å². The lowest BCUT2D eigenvalue weighted by Crippen LogP contribution is -2.33. The standard InChI is InChI=1S/C13H17NO8/c15-11-6-9(12(16)14(11)22-13(17)18)3-5-21-10-2-1-4-19-8-20-7-10/h1-2,9-10H,3-8H2,(H,17,18)/b2-1+. The summed E-state index contributed by atoms with van der Waals surface area (Å²) in [6, 6.07) is 0. The Bertz CT molecular complexity index is 463. The van der Waals surface area contributed by atoms with Gasteiger partial charge in [-0.05, 0) is 6.42 Å². The molecule has 1 fully saturated rings. The molecule has 9 heteroatoms. The zero-order chi connectivity index (χ0) is 15.9. The maximum absolute atomic E-state index is 11.8. The number of imide groups is 1. The van der Waals surface area contributed by atoms with Crippen molar-refractivity contribution in [2.75, 3.05) is 26.6 Å². The molecule has 22 heavy (non-hydrogen) atoms. The number of ether oxygens (including phenoxy) is 3. The lowest BCUT2D eigenvalue weighted by Gasteiger charge is -2.17. The fourth-order valence-electron chi connectivity index (χ4n) is 2.14. The minimum Gasteiger partial charge on any atom is -0.448 e. The van der Waals surface area contributed by atoms with Crippen LogP contribution in [-0.2, 0) is 28.6 Å². The number of nitrogens with zero attached hydrogens (tertiary/aromatic N) is 1. The van der Waals surface area contributed by atoms with E-state index in [2.05, 4.69) is 4.84 Å². The van der Waals surface area contributed by atoms with Gasteiger partial charge in [-0.1, -0.05) is 17.2 Å². The fourth-order valence-corrected chi connectivity index (χ4v) is 2.14. The summed E-state index contributed by atoms with van der Waals surface area (Å²) in [6.07, 6.45) is 1.89. The zero-order valence-electron chi connectivity index (χ0n) is 11.8. The van der Waals surface area contributed by atoms with Crippen LogP contribution >= 0.6 is 0 Å². The van der Waals surface area contributed by atoms with Crippen molar-refractivity contribution in [3.05, 3.63) is 12.2 Å². The third kappa shape index (κ3) is 4.52. The van der Waals surface area contributed by atoms with E-state index in [1.54, 1.807) is 6.08 Å². The van der Waals surface area contributed by atoms with Crippen molar-refractivity contribution in [3.8, 4) is 0 Å². The van der Waals surface area contributed by atoms with Crippen LogP contribution in [0.2, 0.25) is 0 Å². The Morgan fingerprint density at radius 3 is 3.00 bits per heavy atom. The number of amides is 2. The van der Waals surface area contributed by atoms with Gasteiger partial charge in [0.15, 0.2) is 0 Å². The van der Waals surface area contributed by atoms with Crippen LogP contribution in [0.15, 0.2) is 12.2 Å². The van der Waals surface area contributed by atoms with Crippen LogP contribution in [0.25, 0.3) is 0 Å². The van der Waals surface area contributed by atoms with E-state index in [0.717, 1.165) is 0 Å². The summed E-state index contributed by atoms with van der Waals surface area (Å²) in [5.74, 6) is -1.95. The van der Waals surface area contributed by atoms with Crippen LogP contribution < -0.4 is 0 Å². The highest BCUT2D eigenvalue weighted by Gasteiger charge is 2.41. The number of hydrogen-bond donors (Lipinski definition) is 1. The molecule has 2 aliphatic rings. The molecule has 0 radical (unpaired) electrons. The van der Waals surface area contributed by atoms with Crippen LogP contribution in [0.1, 0.15) is 12.8 Å². The molecule has 2 aliphatic heterocycles. The maximum atomic E-state index is 11.8. The highest BCUT2D eigenvalue weighted by atomic mass is 16.8. The molecule has 0 aromatic rings. The highest BCUT2D eigenvalue weighted by Crippen LogP contribution is 2.23. The third-order valence-electron chi connectivity index (χ3n) is 3.18. The van der Waals surface area contributed by atoms with Gasteiger partial charge in [0, 0.05) is 13.0 Å². The van der Waals surface area contributed by atoms with Crippen LogP contribution in [0.5, 0.6) is 0 Å². The lowest BCUT2D eigenvalue weighted by atomic mass is 10.1. The Morgan fingerprint density at radius 2 is 2.23 bits per heavy atom. The molecular weight excluding hydrogens is 298 g/mol. The molecule has 1 saturated heterocycles. The fraction of sp³-hybridized carbons (Fsp3) is 0.615. The molecule has 0 aromatic carbocycles. The summed E-state index contributed by atoms with van der Waals surface area (Å²) in [6.45, 7) is 1.21. The summed E-state index contributed by atoms with van der Waals surface area (Å²) in [4.78, 5) is 37.9. The number of rotatable bonds is 5. The predicted octanol–water partition coefficient (Wildman–Crippen LogP) is 0.307. The number of carbonyl (C=O) groups is 3. The van der Waals surface area contributed by atoms with E-state index in [9.17, 15) is 14.4 Å². The van der Waals surface area contributed by atoms with Crippen molar-refractivity contribution in [2.45, 2.75) is 18.9 Å². The van der Waals surface area contributed by atoms with Gasteiger partial charge in [-0.3, -0.25) is 14.4 Å². The van der Waals surface area contributed by atoms with Gasteiger partial charge in [-0.2, -0.15) is 0 Å². The number of hydrogen-bond acceptors (Lipinski definition) is 7. The molecule has 2 heterocycles. The summed E-state index contributed by atoms with van der Waals surface area (Å²) < 4.78 is 15.8. The second-order valence-corrected chi connectivity index (χ2v) is 4.77. The van der Waals surface area contributed by atoms with Gasteiger partial charge >= 0.3 is 6.16 Å². The molecule has 9 nitrogen and oxygen atoms in total. The molecule has 2 rings (SSSR count). The third-order valence-corrected chi connectivity index (χ3v) is 3.18. The first-order valence-electron chi connectivity index (χ1n) is 6.79. The van der Waals surface area contributed by atoms with Gasteiger partial charge in [0.2, 0.25) is 0 Å². The largest absolute Gasteiger partial charge is 0.531 e. The lowest BCUT2D eigenvalue weighted by molar-refractivity contribution is -0.176. The van der Waals surface area contributed by atoms with E-state index in [-0.39, 0.29) is 25.9 Å². The molecule has 1 N–H and O–H groups in total. The van der Waals surface area contributed by atoms with Gasteiger partial charge in [0.05, 0.1) is 25.2 Å². The summed E-state index contributed by atoms with van der Waals surface area (Å²) in [7, 11) is 0. The second-order valence-electron chi connectivity index (χ2n) is 4.77. The molecule has 2 atom stereocenters. The zero-order valence-corrected chi connectivity index (χ0v) is 11.8.